The molecular formula is C19H13ClF3NO4. The topological polar surface area (TPSA) is 66.8 Å². The van der Waals surface area contributed by atoms with E-state index in [1.54, 1.807) is 19.1 Å². The third kappa shape index (κ3) is 3.43. The molecule has 1 N–H and O–H groups in total. The van der Waals surface area contributed by atoms with Gasteiger partial charge in [0.2, 0.25) is 0 Å². The number of ether oxygens (including phenoxy) is 1. The molecule has 2 amide bonds. The summed E-state index contributed by atoms with van der Waals surface area (Å²) >= 11 is 5.57. The smallest absolute Gasteiger partial charge is 0.417 e. The van der Waals surface area contributed by atoms with Crippen LogP contribution >= 0.6 is 11.6 Å². The van der Waals surface area contributed by atoms with Gasteiger partial charge in [-0.05, 0) is 42.8 Å². The van der Waals surface area contributed by atoms with Gasteiger partial charge < -0.3 is 9.84 Å². The average molecular weight is 412 g/mol. The molecule has 2 aromatic rings. The molecule has 0 unspecified atom stereocenters. The molecule has 0 radical (unpaired) electrons. The Morgan fingerprint density at radius 2 is 1.71 bits per heavy atom. The van der Waals surface area contributed by atoms with Crippen molar-refractivity contribution in [2.45, 2.75) is 13.1 Å². The third-order valence-corrected chi connectivity index (χ3v) is 4.36. The van der Waals surface area contributed by atoms with E-state index in [0.717, 1.165) is 12.1 Å². The lowest BCUT2D eigenvalue weighted by Crippen LogP contribution is -2.31. The normalized spacial score (nSPS) is 14.8. The summed E-state index contributed by atoms with van der Waals surface area (Å²) in [5.41, 5.74) is -1.62. The number of halogens is 4. The molecule has 0 atom stereocenters. The van der Waals surface area contributed by atoms with Gasteiger partial charge in [-0.3, -0.25) is 9.59 Å². The Kier molecular flexibility index (Phi) is 5.08. The largest absolute Gasteiger partial charge is 0.502 e. The molecule has 28 heavy (non-hydrogen) atoms. The minimum atomic E-state index is -4.77. The molecule has 0 saturated heterocycles. The van der Waals surface area contributed by atoms with Gasteiger partial charge in [0, 0.05) is 0 Å². The van der Waals surface area contributed by atoms with Gasteiger partial charge in [0.15, 0.2) is 5.76 Å². The van der Waals surface area contributed by atoms with Gasteiger partial charge in [-0.2, -0.15) is 13.2 Å². The Morgan fingerprint density at radius 3 is 2.29 bits per heavy atom. The summed E-state index contributed by atoms with van der Waals surface area (Å²) in [5.74, 6) is -2.39. The number of nitrogens with zero attached hydrogens (tertiary/aromatic N) is 1. The molecule has 0 aliphatic carbocycles. The highest BCUT2D eigenvalue weighted by atomic mass is 35.5. The zero-order valence-corrected chi connectivity index (χ0v) is 15.1. The van der Waals surface area contributed by atoms with Crippen molar-refractivity contribution in [3.05, 3.63) is 64.4 Å². The highest BCUT2D eigenvalue weighted by Gasteiger charge is 2.41. The number of hydrogen-bond acceptors (Lipinski definition) is 4. The fourth-order valence-corrected chi connectivity index (χ4v) is 2.99. The first-order valence-corrected chi connectivity index (χ1v) is 8.45. The number of carbonyl (C=O) groups excluding carboxylic acids is 2. The molecule has 1 aliphatic heterocycles. The van der Waals surface area contributed by atoms with Crippen molar-refractivity contribution in [1.82, 2.24) is 0 Å². The molecule has 0 bridgehead atoms. The van der Waals surface area contributed by atoms with E-state index in [9.17, 15) is 27.9 Å². The Labute approximate surface area is 162 Å². The number of carbonyl (C=O) groups is 2. The lowest BCUT2D eigenvalue weighted by molar-refractivity contribution is -0.137. The van der Waals surface area contributed by atoms with Crippen molar-refractivity contribution in [1.29, 1.82) is 0 Å². The second kappa shape index (κ2) is 7.20. The monoisotopic (exact) mass is 411 g/mol. The van der Waals surface area contributed by atoms with Crippen molar-refractivity contribution in [2.24, 2.45) is 0 Å². The summed E-state index contributed by atoms with van der Waals surface area (Å²) in [6, 6.07) is 8.65. The van der Waals surface area contributed by atoms with Gasteiger partial charge in [0.1, 0.15) is 5.75 Å². The molecule has 5 nitrogen and oxygen atoms in total. The molecule has 0 aromatic heterocycles. The average Bonchev–Trinajstić information content (AvgIpc) is 2.85. The summed E-state index contributed by atoms with van der Waals surface area (Å²) < 4.78 is 44.5. The van der Waals surface area contributed by atoms with Crippen LogP contribution in [-0.2, 0) is 15.8 Å². The van der Waals surface area contributed by atoms with Crippen LogP contribution in [0.1, 0.15) is 18.1 Å². The number of aliphatic hydroxyl groups excluding tert-OH is 1. The number of aliphatic hydroxyl groups is 1. The number of anilines is 1. The Balaban J connectivity index is 2.00. The maximum Gasteiger partial charge on any atom is 0.417 e. The first-order valence-electron chi connectivity index (χ1n) is 8.07. The summed E-state index contributed by atoms with van der Waals surface area (Å²) in [4.78, 5) is 25.6. The van der Waals surface area contributed by atoms with Crippen LogP contribution in [0.15, 0.2) is 48.2 Å². The number of hydrogen-bond donors (Lipinski definition) is 1. The predicted octanol–water partition coefficient (Wildman–Crippen LogP) is 4.60. The van der Waals surface area contributed by atoms with Gasteiger partial charge in [-0.1, -0.05) is 23.7 Å². The third-order valence-electron chi connectivity index (χ3n) is 4.03. The van der Waals surface area contributed by atoms with E-state index in [0.29, 0.717) is 23.3 Å². The predicted molar refractivity (Wildman–Crippen MR) is 96.1 cm³/mol. The van der Waals surface area contributed by atoms with Crippen molar-refractivity contribution >= 4 is 34.7 Å². The van der Waals surface area contributed by atoms with E-state index in [-0.39, 0.29) is 16.8 Å². The van der Waals surface area contributed by atoms with E-state index < -0.39 is 34.3 Å². The fraction of sp³-hybridized carbons (Fsp3) is 0.158. The van der Waals surface area contributed by atoms with E-state index in [1.165, 1.54) is 12.1 Å². The highest BCUT2D eigenvalue weighted by molar-refractivity contribution is 6.45. The Bertz CT molecular complexity index is 984. The molecule has 3 rings (SSSR count). The van der Waals surface area contributed by atoms with E-state index in [2.05, 4.69) is 0 Å². The van der Waals surface area contributed by atoms with Crippen LogP contribution in [0.2, 0.25) is 5.02 Å². The molecule has 0 saturated carbocycles. The second-order valence-corrected chi connectivity index (χ2v) is 6.20. The Hall–Kier alpha value is -3.00. The van der Waals surface area contributed by atoms with Crippen LogP contribution in [0.4, 0.5) is 18.9 Å². The van der Waals surface area contributed by atoms with Crippen LogP contribution in [0.5, 0.6) is 5.75 Å². The summed E-state index contributed by atoms with van der Waals surface area (Å²) in [7, 11) is 0. The van der Waals surface area contributed by atoms with Crippen molar-refractivity contribution in [3.63, 3.8) is 0 Å². The molecule has 2 aromatic carbocycles. The van der Waals surface area contributed by atoms with Crippen LogP contribution in [0.25, 0.3) is 5.57 Å². The highest BCUT2D eigenvalue weighted by Crippen LogP contribution is 2.39. The minimum absolute atomic E-state index is 0.229. The van der Waals surface area contributed by atoms with Gasteiger partial charge in [0.05, 0.1) is 28.5 Å². The van der Waals surface area contributed by atoms with Crippen molar-refractivity contribution in [3.8, 4) is 5.75 Å². The molecule has 0 fully saturated rings. The standard InChI is InChI=1S/C19H13ClF3NO4/c1-2-28-12-6-3-10(4-7-12)15-16(25)18(27)24(17(15)26)11-5-8-14(20)13(9-11)19(21,22)23/h3-9,25H,2H2,1H3. The van der Waals surface area contributed by atoms with Crippen LogP contribution < -0.4 is 9.64 Å². The summed E-state index contributed by atoms with van der Waals surface area (Å²) in [6.07, 6.45) is -4.77. The Morgan fingerprint density at radius 1 is 1.07 bits per heavy atom. The molecule has 0 spiro atoms. The molecular weight excluding hydrogens is 399 g/mol. The molecule has 146 valence electrons. The van der Waals surface area contributed by atoms with E-state index >= 15 is 0 Å². The molecule has 1 aliphatic rings. The summed E-state index contributed by atoms with van der Waals surface area (Å²) in [5, 5.41) is 9.59. The first-order chi connectivity index (χ1) is 13.1. The van der Waals surface area contributed by atoms with Crippen LogP contribution in [-0.4, -0.2) is 23.5 Å². The summed E-state index contributed by atoms with van der Waals surface area (Å²) in [6.45, 7) is 2.22. The first kappa shape index (κ1) is 19.8. The zero-order chi connectivity index (χ0) is 20.6. The second-order valence-electron chi connectivity index (χ2n) is 5.79. The number of imide groups is 1. The van der Waals surface area contributed by atoms with Gasteiger partial charge in [-0.15, -0.1) is 0 Å². The molecule has 9 heteroatoms. The van der Waals surface area contributed by atoms with Crippen LogP contribution in [0.3, 0.4) is 0 Å². The molecule has 1 heterocycles. The van der Waals surface area contributed by atoms with Gasteiger partial charge in [-0.25, -0.2) is 4.90 Å². The zero-order valence-electron chi connectivity index (χ0n) is 14.4. The number of benzene rings is 2. The quantitative estimate of drug-likeness (QED) is 0.747. The van der Waals surface area contributed by atoms with Crippen LogP contribution in [0, 0.1) is 0 Å². The van der Waals surface area contributed by atoms with E-state index in [4.69, 9.17) is 16.3 Å². The lowest BCUT2D eigenvalue weighted by Gasteiger charge is -2.17. The SMILES string of the molecule is CCOc1ccc(C2=C(O)C(=O)N(c3ccc(Cl)c(C(F)(F)F)c3)C2=O)cc1. The van der Waals surface area contributed by atoms with Gasteiger partial charge >= 0.3 is 12.1 Å². The lowest BCUT2D eigenvalue weighted by atomic mass is 10.1. The minimum Gasteiger partial charge on any atom is -0.502 e. The van der Waals surface area contributed by atoms with E-state index in [1.807, 2.05) is 0 Å². The maximum atomic E-state index is 13.1. The number of alkyl halides is 3. The number of amides is 2. The number of rotatable bonds is 4. The fourth-order valence-electron chi connectivity index (χ4n) is 2.77. The maximum absolute atomic E-state index is 13.1. The van der Waals surface area contributed by atoms with Crippen molar-refractivity contribution in [2.75, 3.05) is 11.5 Å². The van der Waals surface area contributed by atoms with Crippen molar-refractivity contribution < 1.29 is 32.6 Å². The van der Waals surface area contributed by atoms with Gasteiger partial charge in [0.25, 0.3) is 5.91 Å².